The first kappa shape index (κ1) is 13.7. The van der Waals surface area contributed by atoms with Gasteiger partial charge >= 0.3 is 0 Å². The van der Waals surface area contributed by atoms with Crippen LogP contribution in [-0.4, -0.2) is 22.8 Å². The van der Waals surface area contributed by atoms with Crippen molar-refractivity contribution in [2.24, 2.45) is 0 Å². The van der Waals surface area contributed by atoms with Gasteiger partial charge in [0.1, 0.15) is 0 Å². The van der Waals surface area contributed by atoms with Crippen LogP contribution in [0.5, 0.6) is 0 Å². The smallest absolute Gasteiger partial charge is 0.255 e. The number of pyridine rings is 1. The van der Waals surface area contributed by atoms with E-state index in [-0.39, 0.29) is 5.91 Å². The SMILES string of the molecule is CN(Cc1csc(Br)c1)C(=O)c1cncc(Br)c1. The lowest BCUT2D eigenvalue weighted by molar-refractivity contribution is 0.0784. The number of aromatic nitrogens is 1. The van der Waals surface area contributed by atoms with E-state index >= 15 is 0 Å². The van der Waals surface area contributed by atoms with Gasteiger partial charge in [0, 0.05) is 30.5 Å². The number of carbonyl (C=O) groups is 1. The summed E-state index contributed by atoms with van der Waals surface area (Å²) in [6.07, 6.45) is 3.24. The third-order valence-electron chi connectivity index (χ3n) is 2.34. The van der Waals surface area contributed by atoms with Crippen molar-refractivity contribution in [1.82, 2.24) is 9.88 Å². The van der Waals surface area contributed by atoms with E-state index in [1.165, 1.54) is 0 Å². The third kappa shape index (κ3) is 3.40. The van der Waals surface area contributed by atoms with Gasteiger partial charge in [0.2, 0.25) is 0 Å². The molecule has 2 aromatic heterocycles. The quantitative estimate of drug-likeness (QED) is 0.796. The Hall–Kier alpha value is -0.720. The van der Waals surface area contributed by atoms with Gasteiger partial charge in [0.15, 0.2) is 0 Å². The van der Waals surface area contributed by atoms with Gasteiger partial charge in [-0.3, -0.25) is 9.78 Å². The number of rotatable bonds is 3. The maximum Gasteiger partial charge on any atom is 0.255 e. The monoisotopic (exact) mass is 388 g/mol. The van der Waals surface area contributed by atoms with E-state index in [1.54, 1.807) is 41.7 Å². The lowest BCUT2D eigenvalue weighted by Crippen LogP contribution is -2.26. The molecule has 0 bridgehead atoms. The molecule has 0 radical (unpaired) electrons. The van der Waals surface area contributed by atoms with Crippen LogP contribution in [0.15, 0.2) is 38.2 Å². The first-order valence-electron chi connectivity index (χ1n) is 5.15. The van der Waals surface area contributed by atoms with E-state index in [9.17, 15) is 4.79 Å². The molecule has 1 amide bonds. The Kier molecular flexibility index (Phi) is 4.53. The Morgan fingerprint density at radius 3 is 2.78 bits per heavy atom. The molecule has 0 aliphatic heterocycles. The summed E-state index contributed by atoms with van der Waals surface area (Å²) in [5.41, 5.74) is 1.70. The highest BCUT2D eigenvalue weighted by molar-refractivity contribution is 9.11. The summed E-state index contributed by atoms with van der Waals surface area (Å²) < 4.78 is 1.88. The second kappa shape index (κ2) is 5.95. The van der Waals surface area contributed by atoms with E-state index < -0.39 is 0 Å². The van der Waals surface area contributed by atoms with E-state index in [2.05, 4.69) is 36.8 Å². The summed E-state index contributed by atoms with van der Waals surface area (Å²) in [7, 11) is 1.79. The molecule has 18 heavy (non-hydrogen) atoms. The normalized spacial score (nSPS) is 10.4. The molecule has 94 valence electrons. The molecule has 0 aromatic carbocycles. The number of halogens is 2. The van der Waals surface area contributed by atoms with Gasteiger partial charge in [0.05, 0.1) is 9.35 Å². The second-order valence-corrected chi connectivity index (χ2v) is 7.02. The minimum atomic E-state index is -0.0360. The van der Waals surface area contributed by atoms with Crippen molar-refractivity contribution in [3.05, 3.63) is 49.3 Å². The summed E-state index contributed by atoms with van der Waals surface area (Å²) in [4.78, 5) is 17.8. The summed E-state index contributed by atoms with van der Waals surface area (Å²) in [5.74, 6) is -0.0360. The predicted octanol–water partition coefficient (Wildman–Crippen LogP) is 3.94. The Balaban J connectivity index is 2.09. The lowest BCUT2D eigenvalue weighted by atomic mass is 10.2. The highest BCUT2D eigenvalue weighted by Gasteiger charge is 2.13. The fourth-order valence-electron chi connectivity index (χ4n) is 1.52. The molecule has 0 N–H and O–H groups in total. The van der Waals surface area contributed by atoms with Gasteiger partial charge in [-0.25, -0.2) is 0 Å². The summed E-state index contributed by atoms with van der Waals surface area (Å²) in [6, 6.07) is 3.79. The van der Waals surface area contributed by atoms with Gasteiger partial charge in [-0.05, 0) is 54.9 Å². The number of nitrogens with zero attached hydrogens (tertiary/aromatic N) is 2. The molecule has 0 unspecified atom stereocenters. The minimum Gasteiger partial charge on any atom is -0.337 e. The number of carbonyl (C=O) groups excluding carboxylic acids is 1. The van der Waals surface area contributed by atoms with Crippen molar-refractivity contribution in [2.45, 2.75) is 6.54 Å². The zero-order valence-electron chi connectivity index (χ0n) is 9.56. The van der Waals surface area contributed by atoms with Crippen LogP contribution in [0.2, 0.25) is 0 Å². The molecule has 2 rings (SSSR count). The molecule has 3 nitrogen and oxygen atoms in total. The molecule has 2 aromatic rings. The molecule has 0 atom stereocenters. The number of thiophene rings is 1. The first-order valence-corrected chi connectivity index (χ1v) is 7.62. The minimum absolute atomic E-state index is 0.0360. The summed E-state index contributed by atoms with van der Waals surface area (Å²) >= 11 is 8.34. The molecule has 2 heterocycles. The van der Waals surface area contributed by atoms with E-state index in [4.69, 9.17) is 0 Å². The molecule has 0 aliphatic rings. The Labute approximate surface area is 126 Å². The van der Waals surface area contributed by atoms with Crippen molar-refractivity contribution in [3.63, 3.8) is 0 Å². The summed E-state index contributed by atoms with van der Waals surface area (Å²) in [5, 5.41) is 2.03. The average Bonchev–Trinajstić information content (AvgIpc) is 2.73. The van der Waals surface area contributed by atoms with Crippen molar-refractivity contribution in [1.29, 1.82) is 0 Å². The van der Waals surface area contributed by atoms with Crippen LogP contribution < -0.4 is 0 Å². The number of hydrogen-bond acceptors (Lipinski definition) is 3. The highest BCUT2D eigenvalue weighted by atomic mass is 79.9. The van der Waals surface area contributed by atoms with E-state index in [0.717, 1.165) is 13.8 Å². The van der Waals surface area contributed by atoms with Crippen molar-refractivity contribution < 1.29 is 4.79 Å². The fourth-order valence-corrected chi connectivity index (χ4v) is 3.09. The molecular weight excluding hydrogens is 380 g/mol. The standard InChI is InChI=1S/C12H10Br2N2OS/c1-16(6-8-2-11(14)18-7-8)12(17)9-3-10(13)5-15-4-9/h2-5,7H,6H2,1H3. The third-order valence-corrected chi connectivity index (χ3v) is 4.33. The van der Waals surface area contributed by atoms with Crippen LogP contribution in [0.3, 0.4) is 0 Å². The maximum absolute atomic E-state index is 12.2. The number of amides is 1. The fraction of sp³-hybridized carbons (Fsp3) is 0.167. The van der Waals surface area contributed by atoms with Gasteiger partial charge in [0.25, 0.3) is 5.91 Å². The van der Waals surface area contributed by atoms with Gasteiger partial charge in [-0.2, -0.15) is 0 Å². The molecule has 6 heteroatoms. The Bertz CT molecular complexity index is 571. The zero-order chi connectivity index (χ0) is 13.1. The summed E-state index contributed by atoms with van der Waals surface area (Å²) in [6.45, 7) is 0.591. The van der Waals surface area contributed by atoms with Gasteiger partial charge < -0.3 is 4.90 Å². The number of hydrogen-bond donors (Lipinski definition) is 0. The highest BCUT2D eigenvalue weighted by Crippen LogP contribution is 2.22. The van der Waals surface area contributed by atoms with Crippen molar-refractivity contribution >= 4 is 49.1 Å². The van der Waals surface area contributed by atoms with Crippen LogP contribution in [0.4, 0.5) is 0 Å². The molecule has 0 saturated heterocycles. The van der Waals surface area contributed by atoms with Crippen LogP contribution in [0.1, 0.15) is 15.9 Å². The van der Waals surface area contributed by atoms with Gasteiger partial charge in [-0.15, -0.1) is 11.3 Å². The van der Waals surface area contributed by atoms with E-state index in [0.29, 0.717) is 12.1 Å². The Morgan fingerprint density at radius 1 is 1.39 bits per heavy atom. The lowest BCUT2D eigenvalue weighted by Gasteiger charge is -2.16. The van der Waals surface area contributed by atoms with Crippen LogP contribution >= 0.6 is 43.2 Å². The van der Waals surface area contributed by atoms with Crippen molar-refractivity contribution in [2.75, 3.05) is 7.05 Å². The average molecular weight is 390 g/mol. The second-order valence-electron chi connectivity index (χ2n) is 3.81. The maximum atomic E-state index is 12.2. The molecule has 0 spiro atoms. The largest absolute Gasteiger partial charge is 0.337 e. The van der Waals surface area contributed by atoms with Crippen LogP contribution in [0.25, 0.3) is 0 Å². The first-order chi connectivity index (χ1) is 8.56. The van der Waals surface area contributed by atoms with Crippen LogP contribution in [0, 0.1) is 0 Å². The van der Waals surface area contributed by atoms with Crippen molar-refractivity contribution in [3.8, 4) is 0 Å². The topological polar surface area (TPSA) is 33.2 Å². The van der Waals surface area contributed by atoms with Gasteiger partial charge in [-0.1, -0.05) is 0 Å². The molecule has 0 aliphatic carbocycles. The predicted molar refractivity (Wildman–Crippen MR) is 79.8 cm³/mol. The zero-order valence-corrected chi connectivity index (χ0v) is 13.5. The molecule has 0 saturated carbocycles. The van der Waals surface area contributed by atoms with E-state index in [1.807, 2.05) is 11.4 Å². The Morgan fingerprint density at radius 2 is 2.17 bits per heavy atom. The molecule has 0 fully saturated rings. The molecular formula is C12H10Br2N2OS. The van der Waals surface area contributed by atoms with Crippen LogP contribution in [-0.2, 0) is 6.54 Å².